The number of carbonyl (C=O) groups excluding carboxylic acids is 2. The third-order valence-electron chi connectivity index (χ3n) is 11.0. The van der Waals surface area contributed by atoms with Gasteiger partial charge in [-0.25, -0.2) is 0 Å². The number of ether oxygens (including phenoxy) is 4. The number of fused-ring (bicyclic) bond motifs is 6. The number of carbonyl (C=O) groups is 2. The van der Waals surface area contributed by atoms with Crippen LogP contribution in [0.25, 0.3) is 0 Å². The van der Waals surface area contributed by atoms with E-state index in [-0.39, 0.29) is 23.1 Å². The van der Waals surface area contributed by atoms with E-state index in [4.69, 9.17) is 18.9 Å². The molecule has 5 atom stereocenters. The molecule has 2 saturated carbocycles. The third kappa shape index (κ3) is 6.69. The molecule has 1 spiro atoms. The Kier molecular flexibility index (Phi) is 10.1. The zero-order valence-electron chi connectivity index (χ0n) is 25.7. The van der Waals surface area contributed by atoms with Crippen LogP contribution in [0.3, 0.4) is 0 Å². The van der Waals surface area contributed by atoms with E-state index in [0.717, 1.165) is 45.3 Å². The Balaban J connectivity index is 1.17. The smallest absolute Gasteiger partial charge is 0.308 e. The van der Waals surface area contributed by atoms with E-state index in [1.54, 1.807) is 0 Å². The predicted octanol–water partition coefficient (Wildman–Crippen LogP) is 7.90. The highest BCUT2D eigenvalue weighted by atomic mass is 16.7. The van der Waals surface area contributed by atoms with Crippen molar-refractivity contribution in [2.75, 3.05) is 19.8 Å². The predicted molar refractivity (Wildman–Crippen MR) is 159 cm³/mol. The van der Waals surface area contributed by atoms with Crippen LogP contribution in [0, 0.1) is 23.2 Å². The molecular weight excluding hydrogens is 516 g/mol. The number of esters is 2. The van der Waals surface area contributed by atoms with Crippen molar-refractivity contribution in [1.29, 1.82) is 0 Å². The first-order valence-corrected chi connectivity index (χ1v) is 16.6. The maximum absolute atomic E-state index is 11.6. The molecule has 0 N–H and O–H groups in total. The second-order valence-electron chi connectivity index (χ2n) is 13.5. The number of hydrogen-bond donors (Lipinski definition) is 0. The van der Waals surface area contributed by atoms with E-state index < -0.39 is 0 Å². The quantitative estimate of drug-likeness (QED) is 0.137. The van der Waals surface area contributed by atoms with E-state index in [1.807, 2.05) is 6.07 Å². The van der Waals surface area contributed by atoms with Gasteiger partial charge >= 0.3 is 11.9 Å². The van der Waals surface area contributed by atoms with Crippen LogP contribution in [0.15, 0.2) is 18.2 Å². The van der Waals surface area contributed by atoms with Crippen molar-refractivity contribution in [3.8, 4) is 5.75 Å². The number of unbranched alkanes of at least 4 members (excludes halogenated alkanes) is 8. The van der Waals surface area contributed by atoms with E-state index in [2.05, 4.69) is 19.1 Å². The summed E-state index contributed by atoms with van der Waals surface area (Å²) in [6.07, 6.45) is 18.1. The monoisotopic (exact) mass is 568 g/mol. The van der Waals surface area contributed by atoms with Gasteiger partial charge in [0.25, 0.3) is 0 Å². The Hall–Kier alpha value is -1.92. The molecule has 0 radical (unpaired) electrons. The standard InChI is InChI=1S/C35H52O6/c1-25(36)38-20-12-10-8-6-4-5-7-9-11-13-27-23-28-24-29(41-26(2)37)14-15-30(28)31-16-18-34(3)32(33(27)31)17-19-35(34)39-21-22-40-35/h14-15,24,27,31-33H,4-13,16-23H2,1-3H3/t27-,31-,32+,33-,34+/m1/s1. The minimum atomic E-state index is -0.368. The van der Waals surface area contributed by atoms with Crippen LogP contribution in [0.2, 0.25) is 0 Å². The van der Waals surface area contributed by atoms with E-state index in [0.29, 0.717) is 36.0 Å². The van der Waals surface area contributed by atoms with E-state index in [1.165, 1.54) is 89.2 Å². The van der Waals surface area contributed by atoms with Crippen molar-refractivity contribution in [2.45, 2.75) is 129 Å². The molecule has 3 fully saturated rings. The molecule has 1 heterocycles. The van der Waals surface area contributed by atoms with Crippen molar-refractivity contribution >= 4 is 11.9 Å². The highest BCUT2D eigenvalue weighted by Gasteiger charge is 2.66. The topological polar surface area (TPSA) is 71.1 Å². The molecule has 0 bridgehead atoms. The molecule has 41 heavy (non-hydrogen) atoms. The molecule has 0 unspecified atom stereocenters. The summed E-state index contributed by atoms with van der Waals surface area (Å²) in [5.41, 5.74) is 2.98. The summed E-state index contributed by atoms with van der Waals surface area (Å²) < 4.78 is 23.3. The summed E-state index contributed by atoms with van der Waals surface area (Å²) in [6, 6.07) is 6.41. The molecule has 1 aromatic rings. The van der Waals surface area contributed by atoms with Crippen molar-refractivity contribution in [1.82, 2.24) is 0 Å². The molecule has 6 nitrogen and oxygen atoms in total. The van der Waals surface area contributed by atoms with Crippen molar-refractivity contribution in [2.24, 2.45) is 23.2 Å². The van der Waals surface area contributed by atoms with Gasteiger partial charge in [-0.15, -0.1) is 0 Å². The number of rotatable bonds is 13. The van der Waals surface area contributed by atoms with E-state index >= 15 is 0 Å². The summed E-state index contributed by atoms with van der Waals surface area (Å²) in [6.45, 7) is 7.46. The van der Waals surface area contributed by atoms with Crippen LogP contribution in [0.4, 0.5) is 0 Å². The molecule has 3 aliphatic carbocycles. The Labute approximate surface area is 247 Å². The molecular formula is C35H52O6. The SMILES string of the molecule is CC(=O)OCCCCCCCCCCC[C@@H]1Cc2cc(OC(C)=O)ccc2[C@H]2CC[C@@]3(C)[C@@H](CCC34OCCO4)[C@H]12. The van der Waals surface area contributed by atoms with Crippen LogP contribution >= 0.6 is 0 Å². The largest absolute Gasteiger partial charge is 0.466 e. The summed E-state index contributed by atoms with van der Waals surface area (Å²) in [5.74, 6) is 2.42. The Morgan fingerprint density at radius 2 is 1.56 bits per heavy atom. The van der Waals surface area contributed by atoms with Crippen LogP contribution in [0.1, 0.15) is 128 Å². The molecule has 4 aliphatic rings. The second-order valence-corrected chi connectivity index (χ2v) is 13.5. The second kappa shape index (κ2) is 13.6. The molecule has 228 valence electrons. The molecule has 0 aromatic heterocycles. The van der Waals surface area contributed by atoms with Crippen LogP contribution in [-0.4, -0.2) is 37.5 Å². The minimum absolute atomic E-state index is 0.0935. The van der Waals surface area contributed by atoms with Crippen molar-refractivity contribution < 1.29 is 28.5 Å². The zero-order valence-corrected chi connectivity index (χ0v) is 25.7. The fraction of sp³-hybridized carbons (Fsp3) is 0.771. The molecule has 1 aliphatic heterocycles. The fourth-order valence-corrected chi connectivity index (χ4v) is 9.13. The average molecular weight is 569 g/mol. The normalized spacial score (nSPS) is 29.5. The maximum atomic E-state index is 11.6. The lowest BCUT2D eigenvalue weighted by Crippen LogP contribution is -2.53. The number of hydrogen-bond acceptors (Lipinski definition) is 6. The summed E-state index contributed by atoms with van der Waals surface area (Å²) >= 11 is 0. The Morgan fingerprint density at radius 3 is 2.24 bits per heavy atom. The Morgan fingerprint density at radius 1 is 0.878 bits per heavy atom. The van der Waals surface area contributed by atoms with Crippen LogP contribution in [0.5, 0.6) is 5.75 Å². The Bertz CT molecular complexity index is 1050. The van der Waals surface area contributed by atoms with Crippen molar-refractivity contribution in [3.63, 3.8) is 0 Å². The zero-order chi connectivity index (χ0) is 28.9. The lowest BCUT2D eigenvalue weighted by atomic mass is 9.51. The van der Waals surface area contributed by atoms with Gasteiger partial charge in [-0.3, -0.25) is 9.59 Å². The molecule has 1 saturated heterocycles. The summed E-state index contributed by atoms with van der Waals surface area (Å²) in [4.78, 5) is 22.5. The lowest BCUT2D eigenvalue weighted by molar-refractivity contribution is -0.238. The van der Waals surface area contributed by atoms with Gasteiger partial charge < -0.3 is 18.9 Å². The first-order chi connectivity index (χ1) is 19.8. The molecule has 5 rings (SSSR count). The van der Waals surface area contributed by atoms with Gasteiger partial charge in [-0.1, -0.05) is 64.4 Å². The maximum Gasteiger partial charge on any atom is 0.308 e. The fourth-order valence-electron chi connectivity index (χ4n) is 9.13. The molecule has 0 amide bonds. The first kappa shape index (κ1) is 30.5. The summed E-state index contributed by atoms with van der Waals surface area (Å²) in [7, 11) is 0. The van der Waals surface area contributed by atoms with Gasteiger partial charge in [0.05, 0.1) is 19.8 Å². The highest BCUT2D eigenvalue weighted by Crippen LogP contribution is 2.67. The minimum Gasteiger partial charge on any atom is -0.466 e. The van der Waals surface area contributed by atoms with Gasteiger partial charge in [0.15, 0.2) is 5.79 Å². The van der Waals surface area contributed by atoms with Gasteiger partial charge in [0.1, 0.15) is 5.75 Å². The number of benzene rings is 1. The molecule has 6 heteroatoms. The van der Waals surface area contributed by atoms with Gasteiger partial charge in [0.2, 0.25) is 0 Å². The van der Waals surface area contributed by atoms with Gasteiger partial charge in [-0.05, 0) is 85.5 Å². The third-order valence-corrected chi connectivity index (χ3v) is 11.0. The highest BCUT2D eigenvalue weighted by molar-refractivity contribution is 5.69. The van der Waals surface area contributed by atoms with Gasteiger partial charge in [0, 0.05) is 25.7 Å². The van der Waals surface area contributed by atoms with Crippen LogP contribution < -0.4 is 4.74 Å². The molecule has 1 aromatic carbocycles. The lowest BCUT2D eigenvalue weighted by Gasteiger charge is -2.55. The van der Waals surface area contributed by atoms with Crippen LogP contribution in [-0.2, 0) is 30.2 Å². The van der Waals surface area contributed by atoms with Gasteiger partial charge in [-0.2, -0.15) is 0 Å². The van der Waals surface area contributed by atoms with Crippen molar-refractivity contribution in [3.05, 3.63) is 29.3 Å². The summed E-state index contributed by atoms with van der Waals surface area (Å²) in [5, 5.41) is 0. The first-order valence-electron chi connectivity index (χ1n) is 16.6. The average Bonchev–Trinajstić information content (AvgIpc) is 3.53. The van der Waals surface area contributed by atoms with E-state index in [9.17, 15) is 9.59 Å².